The Morgan fingerprint density at radius 3 is 0.354 bits per heavy atom. The molecular weight excluding hydrogens is 1260 g/mol. The maximum Gasteiger partial charge on any atom is 0.144 e. The van der Waals surface area contributed by atoms with Gasteiger partial charge in [0.15, 0.2) is 0 Å². The number of hydrogen-bond donors (Lipinski definition) is 9. The van der Waals surface area contributed by atoms with Crippen molar-refractivity contribution in [2.45, 2.75) is 0 Å². The van der Waals surface area contributed by atoms with Gasteiger partial charge in [-0.2, -0.15) is 45.9 Å². The lowest BCUT2D eigenvalue weighted by atomic mass is 10.2. The smallest absolute Gasteiger partial charge is 0.144 e. The van der Waals surface area contributed by atoms with Crippen molar-refractivity contribution in [3.05, 3.63) is 220 Å². The van der Waals surface area contributed by atoms with Gasteiger partial charge in [0.25, 0.3) is 0 Å². The van der Waals surface area contributed by atoms with Gasteiger partial charge in [-0.3, -0.25) is 45.9 Å². The van der Waals surface area contributed by atoms with E-state index in [1.165, 1.54) is 0 Å². The van der Waals surface area contributed by atoms with Crippen LogP contribution >= 0.6 is 0 Å². The minimum absolute atomic E-state index is 0.833. The van der Waals surface area contributed by atoms with Gasteiger partial charge in [0.2, 0.25) is 0 Å². The van der Waals surface area contributed by atoms with Gasteiger partial charge in [-0.05, 0) is 54.6 Å². The molecule has 0 amide bonds. The molecule has 0 aliphatic rings. The minimum atomic E-state index is 0.833. The van der Waals surface area contributed by atoms with Gasteiger partial charge in [-0.1, -0.05) is 109 Å². The van der Waals surface area contributed by atoms with Crippen molar-refractivity contribution in [2.75, 3.05) is 64.0 Å². The normalized spacial score (nSPS) is 10.3. The molecule has 0 spiro atoms. The van der Waals surface area contributed by atoms with Crippen molar-refractivity contribution in [3.63, 3.8) is 0 Å². The van der Waals surface area contributed by atoms with Crippen molar-refractivity contribution in [3.8, 4) is 51.7 Å². The van der Waals surface area contributed by atoms with Gasteiger partial charge in [0.1, 0.15) is 101 Å². The van der Waals surface area contributed by atoms with E-state index in [0.717, 1.165) is 150 Å². The second kappa shape index (κ2) is 34.5. The lowest BCUT2D eigenvalue weighted by molar-refractivity contribution is 0.418. The zero-order valence-electron chi connectivity index (χ0n) is 55.5. The number of ether oxygens (including phenoxy) is 9. The summed E-state index contributed by atoms with van der Waals surface area (Å²) >= 11 is 0. The molecule has 9 aromatic carbocycles. The zero-order valence-corrected chi connectivity index (χ0v) is 55.5. The van der Waals surface area contributed by atoms with Gasteiger partial charge in [0, 0.05) is 48.5 Å². The number of fused-ring (bicyclic) bond motifs is 9. The van der Waals surface area contributed by atoms with Crippen LogP contribution in [-0.2, 0) is 0 Å². The second-order valence-electron chi connectivity index (χ2n) is 20.7. The molecule has 27 heteroatoms. The molecule has 9 aromatic heterocycles. The molecule has 0 unspecified atom stereocenters. The van der Waals surface area contributed by atoms with Crippen LogP contribution in [0.3, 0.4) is 0 Å². The van der Waals surface area contributed by atoms with Crippen LogP contribution in [-0.4, -0.2) is 156 Å². The Morgan fingerprint density at radius 1 is 0.162 bits per heavy atom. The zero-order chi connectivity index (χ0) is 69.1. The summed E-state index contributed by atoms with van der Waals surface area (Å²) in [7, 11) is 14.8. The summed E-state index contributed by atoms with van der Waals surface area (Å²) in [5, 5.41) is 70.6. The van der Waals surface area contributed by atoms with Crippen LogP contribution in [0, 0.1) is 0 Å². The van der Waals surface area contributed by atoms with E-state index in [-0.39, 0.29) is 0 Å². The van der Waals surface area contributed by atoms with Gasteiger partial charge < -0.3 is 42.6 Å². The Kier molecular flexibility index (Phi) is 23.8. The minimum Gasteiger partial charge on any atom is -0.494 e. The van der Waals surface area contributed by atoms with Crippen molar-refractivity contribution in [2.24, 2.45) is 0 Å². The highest BCUT2D eigenvalue weighted by atomic mass is 16.5. The highest BCUT2D eigenvalue weighted by Gasteiger charge is 2.07. The van der Waals surface area contributed by atoms with Gasteiger partial charge >= 0.3 is 0 Å². The van der Waals surface area contributed by atoms with E-state index in [9.17, 15) is 0 Å². The molecule has 0 aliphatic carbocycles. The summed E-state index contributed by atoms with van der Waals surface area (Å²) in [6.45, 7) is 0. The van der Waals surface area contributed by atoms with E-state index in [4.69, 9.17) is 42.6 Å². The highest BCUT2D eigenvalue weighted by molar-refractivity contribution is 5.89. The molecule has 0 radical (unpaired) electrons. The number of nitrogens with zero attached hydrogens (tertiary/aromatic N) is 9. The summed E-state index contributed by atoms with van der Waals surface area (Å²) in [6.07, 6.45) is 16.0. The monoisotopic (exact) mass is 1330 g/mol. The summed E-state index contributed by atoms with van der Waals surface area (Å²) < 4.78 is 46.0. The SMILES string of the molecule is COc1cccc2cn[nH]c12.COc1cccc2cn[nH]c12.COc1cccc2cn[nH]c12.COc1cccc2cn[nH]c12.COc1cccc2cn[nH]c12.COc1cccc2cn[nH]c12.COc1cccc2cn[nH]c12.COc1cccc2cn[nH]c12.COc1cccc2cn[nH]c12. The van der Waals surface area contributed by atoms with Crippen molar-refractivity contribution >= 4 is 98.1 Å². The first-order chi connectivity index (χ1) is 48.7. The molecule has 0 aliphatic heterocycles. The first kappa shape index (κ1) is 68.3. The molecular formula is C72H72N18O9. The van der Waals surface area contributed by atoms with Crippen LogP contribution in [0.1, 0.15) is 0 Å². The Hall–Kier alpha value is -13.6. The molecule has 99 heavy (non-hydrogen) atoms. The molecule has 0 fully saturated rings. The van der Waals surface area contributed by atoms with E-state index in [0.29, 0.717) is 0 Å². The molecule has 504 valence electrons. The average Bonchev–Trinajstić information content (AvgIpc) is 2.16. The highest BCUT2D eigenvalue weighted by Crippen LogP contribution is 2.28. The molecule has 18 aromatic rings. The molecule has 0 saturated heterocycles. The van der Waals surface area contributed by atoms with Gasteiger partial charge in [-0.15, -0.1) is 0 Å². The molecule has 9 N–H and O–H groups in total. The number of para-hydroxylation sites is 9. The number of benzene rings is 9. The third kappa shape index (κ3) is 16.9. The topological polar surface area (TPSA) is 341 Å². The van der Waals surface area contributed by atoms with E-state index in [1.54, 1.807) is 120 Å². The lowest BCUT2D eigenvalue weighted by Gasteiger charge is -1.98. The molecule has 18 rings (SSSR count). The fourth-order valence-electron chi connectivity index (χ4n) is 10.0. The molecule has 0 saturated carbocycles. The fourth-order valence-corrected chi connectivity index (χ4v) is 10.0. The lowest BCUT2D eigenvalue weighted by Crippen LogP contribution is -1.82. The predicted molar refractivity (Wildman–Crippen MR) is 384 cm³/mol. The van der Waals surface area contributed by atoms with E-state index in [1.807, 2.05) is 164 Å². The summed E-state index contributed by atoms with van der Waals surface area (Å²) in [6, 6.07) is 52.5. The molecule has 9 heterocycles. The third-order valence-electron chi connectivity index (χ3n) is 14.9. The van der Waals surface area contributed by atoms with Crippen LogP contribution in [0.15, 0.2) is 220 Å². The fraction of sp³-hybridized carbons (Fsp3) is 0.125. The first-order valence-corrected chi connectivity index (χ1v) is 30.4. The van der Waals surface area contributed by atoms with Crippen LogP contribution in [0.5, 0.6) is 51.7 Å². The number of rotatable bonds is 9. The maximum atomic E-state index is 5.11. The second-order valence-corrected chi connectivity index (χ2v) is 20.7. The summed E-state index contributed by atoms with van der Waals surface area (Å²) in [4.78, 5) is 0. The van der Waals surface area contributed by atoms with E-state index in [2.05, 4.69) is 91.8 Å². The van der Waals surface area contributed by atoms with Crippen molar-refractivity contribution < 1.29 is 42.6 Å². The number of H-pyrrole nitrogens is 9. The van der Waals surface area contributed by atoms with Gasteiger partial charge in [0.05, 0.1) is 120 Å². The third-order valence-corrected chi connectivity index (χ3v) is 14.9. The number of aromatic nitrogens is 18. The summed E-state index contributed by atoms with van der Waals surface area (Å²) in [5.74, 6) is 7.50. The largest absolute Gasteiger partial charge is 0.494 e. The number of methoxy groups -OCH3 is 9. The number of aromatic amines is 9. The van der Waals surface area contributed by atoms with Crippen molar-refractivity contribution in [1.82, 2.24) is 91.8 Å². The Morgan fingerprint density at radius 2 is 0.263 bits per heavy atom. The maximum absolute atomic E-state index is 5.11. The molecule has 0 atom stereocenters. The Balaban J connectivity index is 0.000000120. The quantitative estimate of drug-likeness (QED) is 0.0648. The molecule has 0 bridgehead atoms. The van der Waals surface area contributed by atoms with Crippen molar-refractivity contribution in [1.29, 1.82) is 0 Å². The number of nitrogens with one attached hydrogen (secondary N) is 9. The van der Waals surface area contributed by atoms with Crippen LogP contribution in [0.2, 0.25) is 0 Å². The van der Waals surface area contributed by atoms with Crippen LogP contribution in [0.4, 0.5) is 0 Å². The Bertz CT molecular complexity index is 4360. The van der Waals surface area contributed by atoms with Crippen LogP contribution < -0.4 is 42.6 Å². The van der Waals surface area contributed by atoms with Gasteiger partial charge in [-0.25, -0.2) is 0 Å². The standard InChI is InChI=1S/9C8H8N2O/c9*1-11-7-4-2-3-6-5-9-10-8(6)7/h9*2-5H,1H3,(H,9,10). The predicted octanol–water partition coefficient (Wildman–Crippen LogP) is 14.1. The van der Waals surface area contributed by atoms with Crippen LogP contribution in [0.25, 0.3) is 98.1 Å². The van der Waals surface area contributed by atoms with E-state index < -0.39 is 0 Å². The average molecular weight is 1330 g/mol. The summed E-state index contributed by atoms with van der Waals surface area (Å²) in [5.41, 5.74) is 8.58. The Labute approximate surface area is 565 Å². The number of hydrogen-bond acceptors (Lipinski definition) is 18. The first-order valence-electron chi connectivity index (χ1n) is 30.4. The van der Waals surface area contributed by atoms with E-state index >= 15 is 0 Å². The molecule has 27 nitrogen and oxygen atoms in total.